The second-order valence-corrected chi connectivity index (χ2v) is 5.95. The summed E-state index contributed by atoms with van der Waals surface area (Å²) in [5.41, 5.74) is 1.10. The van der Waals surface area contributed by atoms with Crippen LogP contribution in [0.4, 0.5) is 0 Å². The van der Waals surface area contributed by atoms with Gasteiger partial charge in [0.05, 0.1) is 6.10 Å². The van der Waals surface area contributed by atoms with Gasteiger partial charge in [-0.25, -0.2) is 0 Å². The summed E-state index contributed by atoms with van der Waals surface area (Å²) in [7, 11) is 3.57. The Morgan fingerprint density at radius 2 is 2.17 bits per heavy atom. The van der Waals surface area contributed by atoms with Crippen molar-refractivity contribution in [1.29, 1.82) is 0 Å². The smallest absolute Gasteiger partial charge is 0.193 e. The number of aliphatic imine (C=N–C) groups is 1. The van der Waals surface area contributed by atoms with E-state index in [0.717, 1.165) is 70.2 Å². The lowest BCUT2D eigenvalue weighted by Crippen LogP contribution is -2.47. The monoisotopic (exact) mass is 334 g/mol. The Kier molecular flexibility index (Phi) is 8.55. The normalized spacial score (nSPS) is 16.4. The van der Waals surface area contributed by atoms with Gasteiger partial charge >= 0.3 is 0 Å². The van der Waals surface area contributed by atoms with Crippen molar-refractivity contribution < 1.29 is 9.47 Å². The summed E-state index contributed by atoms with van der Waals surface area (Å²) in [6, 6.07) is 6.02. The Morgan fingerprint density at radius 3 is 2.83 bits per heavy atom. The number of piperidine rings is 1. The first-order chi connectivity index (χ1) is 11.8. The molecule has 0 aromatic carbocycles. The number of hydrogen-bond acceptors (Lipinski definition) is 4. The molecule has 2 heterocycles. The van der Waals surface area contributed by atoms with Crippen LogP contribution in [0.1, 0.15) is 25.0 Å². The summed E-state index contributed by atoms with van der Waals surface area (Å²) < 4.78 is 11.0. The van der Waals surface area contributed by atoms with Crippen LogP contribution in [0, 0.1) is 0 Å². The van der Waals surface area contributed by atoms with Crippen molar-refractivity contribution in [2.24, 2.45) is 4.99 Å². The molecule has 0 saturated carbocycles. The first-order valence-electron chi connectivity index (χ1n) is 8.79. The van der Waals surface area contributed by atoms with Gasteiger partial charge in [0.25, 0.3) is 0 Å². The standard InChI is InChI=1S/C18H30N4O2/c1-19-18(21-11-7-16-6-3-4-10-20-16)22-12-8-17(9-13-22)24-15-5-14-23-2/h3-4,6,10,17H,5,7-9,11-15H2,1-2H3,(H,19,21). The molecule has 134 valence electrons. The maximum Gasteiger partial charge on any atom is 0.193 e. The number of nitrogens with zero attached hydrogens (tertiary/aromatic N) is 3. The van der Waals surface area contributed by atoms with Crippen LogP contribution in [-0.2, 0) is 15.9 Å². The zero-order chi connectivity index (χ0) is 17.0. The number of aromatic nitrogens is 1. The van der Waals surface area contributed by atoms with Crippen molar-refractivity contribution >= 4 is 5.96 Å². The molecule has 0 atom stereocenters. The molecule has 1 saturated heterocycles. The summed E-state index contributed by atoms with van der Waals surface area (Å²) >= 11 is 0. The quantitative estimate of drug-likeness (QED) is 0.446. The highest BCUT2D eigenvalue weighted by Crippen LogP contribution is 2.14. The largest absolute Gasteiger partial charge is 0.385 e. The Hall–Kier alpha value is -1.66. The summed E-state index contributed by atoms with van der Waals surface area (Å²) in [5.74, 6) is 0.976. The van der Waals surface area contributed by atoms with Crippen LogP contribution in [0.15, 0.2) is 29.4 Å². The number of ether oxygens (including phenoxy) is 2. The minimum Gasteiger partial charge on any atom is -0.385 e. The first kappa shape index (κ1) is 18.7. The molecule has 1 aromatic rings. The number of pyridine rings is 1. The molecule has 1 aromatic heterocycles. The summed E-state index contributed by atoms with van der Waals surface area (Å²) in [5, 5.41) is 3.44. The zero-order valence-electron chi connectivity index (χ0n) is 14.9. The van der Waals surface area contributed by atoms with E-state index in [4.69, 9.17) is 9.47 Å². The maximum absolute atomic E-state index is 5.91. The van der Waals surface area contributed by atoms with Gasteiger partial charge in [-0.05, 0) is 31.4 Å². The highest BCUT2D eigenvalue weighted by Gasteiger charge is 2.21. The van der Waals surface area contributed by atoms with Crippen molar-refractivity contribution in [1.82, 2.24) is 15.2 Å². The van der Waals surface area contributed by atoms with Crippen LogP contribution in [0.5, 0.6) is 0 Å². The lowest BCUT2D eigenvalue weighted by atomic mass is 10.1. The lowest BCUT2D eigenvalue weighted by Gasteiger charge is -2.34. The van der Waals surface area contributed by atoms with Crippen LogP contribution >= 0.6 is 0 Å². The van der Waals surface area contributed by atoms with Crippen LogP contribution in [0.25, 0.3) is 0 Å². The molecule has 1 aliphatic heterocycles. The van der Waals surface area contributed by atoms with Gasteiger partial charge in [0.15, 0.2) is 5.96 Å². The molecule has 0 bridgehead atoms. The van der Waals surface area contributed by atoms with Crippen LogP contribution in [-0.4, -0.2) is 69.0 Å². The molecule has 0 spiro atoms. The molecule has 6 nitrogen and oxygen atoms in total. The molecule has 0 amide bonds. The van der Waals surface area contributed by atoms with E-state index in [0.29, 0.717) is 6.10 Å². The Balaban J connectivity index is 1.65. The van der Waals surface area contributed by atoms with Gasteiger partial charge < -0.3 is 19.7 Å². The molecular weight excluding hydrogens is 304 g/mol. The van der Waals surface area contributed by atoms with Gasteiger partial charge in [0.2, 0.25) is 0 Å². The van der Waals surface area contributed by atoms with E-state index in [2.05, 4.69) is 26.3 Å². The van der Waals surface area contributed by atoms with Crippen molar-refractivity contribution in [3.63, 3.8) is 0 Å². The Bertz CT molecular complexity index is 473. The second-order valence-electron chi connectivity index (χ2n) is 5.95. The van der Waals surface area contributed by atoms with Gasteiger partial charge in [-0.1, -0.05) is 6.07 Å². The van der Waals surface area contributed by atoms with Crippen molar-refractivity contribution in [3.8, 4) is 0 Å². The Labute approximate surface area is 145 Å². The minimum absolute atomic E-state index is 0.365. The molecular formula is C18H30N4O2. The zero-order valence-corrected chi connectivity index (χ0v) is 14.9. The van der Waals surface area contributed by atoms with Gasteiger partial charge in [-0.3, -0.25) is 9.98 Å². The van der Waals surface area contributed by atoms with Crippen molar-refractivity contribution in [2.75, 3.05) is 47.0 Å². The molecule has 0 radical (unpaired) electrons. The molecule has 0 aliphatic carbocycles. The average molecular weight is 334 g/mol. The molecule has 1 aliphatic rings. The number of rotatable bonds is 8. The molecule has 1 fully saturated rings. The van der Waals surface area contributed by atoms with Gasteiger partial charge in [0, 0.05) is 65.3 Å². The van der Waals surface area contributed by atoms with E-state index in [-0.39, 0.29) is 0 Å². The molecule has 0 unspecified atom stereocenters. The van der Waals surface area contributed by atoms with E-state index in [1.807, 2.05) is 25.4 Å². The van der Waals surface area contributed by atoms with Crippen molar-refractivity contribution in [3.05, 3.63) is 30.1 Å². The third-order valence-electron chi connectivity index (χ3n) is 4.19. The third-order valence-corrected chi connectivity index (χ3v) is 4.19. The molecule has 2 rings (SSSR count). The van der Waals surface area contributed by atoms with Gasteiger partial charge in [0.1, 0.15) is 0 Å². The predicted molar refractivity (Wildman–Crippen MR) is 96.3 cm³/mol. The molecule has 6 heteroatoms. The summed E-state index contributed by atoms with van der Waals surface area (Å²) in [6.07, 6.45) is 6.17. The number of hydrogen-bond donors (Lipinski definition) is 1. The fraction of sp³-hybridized carbons (Fsp3) is 0.667. The van der Waals surface area contributed by atoms with Crippen LogP contribution in [0.3, 0.4) is 0 Å². The highest BCUT2D eigenvalue weighted by atomic mass is 16.5. The highest BCUT2D eigenvalue weighted by molar-refractivity contribution is 5.79. The van der Waals surface area contributed by atoms with Gasteiger partial charge in [-0.15, -0.1) is 0 Å². The van der Waals surface area contributed by atoms with E-state index in [9.17, 15) is 0 Å². The first-order valence-corrected chi connectivity index (χ1v) is 8.79. The Morgan fingerprint density at radius 1 is 1.33 bits per heavy atom. The van der Waals surface area contributed by atoms with Crippen LogP contribution < -0.4 is 5.32 Å². The third kappa shape index (κ3) is 6.45. The van der Waals surface area contributed by atoms with Gasteiger partial charge in [-0.2, -0.15) is 0 Å². The topological polar surface area (TPSA) is 59.0 Å². The SMILES string of the molecule is CN=C(NCCc1ccccn1)N1CCC(OCCCOC)CC1. The second kappa shape index (κ2) is 11.0. The minimum atomic E-state index is 0.365. The number of nitrogens with one attached hydrogen (secondary N) is 1. The van der Waals surface area contributed by atoms with Crippen LogP contribution in [0.2, 0.25) is 0 Å². The lowest BCUT2D eigenvalue weighted by molar-refractivity contribution is 0.00992. The maximum atomic E-state index is 5.91. The van der Waals surface area contributed by atoms with Crippen molar-refractivity contribution in [2.45, 2.75) is 31.8 Å². The predicted octanol–water partition coefficient (Wildman–Crippen LogP) is 1.72. The number of likely N-dealkylation sites (tertiary alicyclic amines) is 1. The summed E-state index contributed by atoms with van der Waals surface area (Å²) in [4.78, 5) is 11.1. The summed E-state index contributed by atoms with van der Waals surface area (Å²) in [6.45, 7) is 4.37. The van der Waals surface area contributed by atoms with E-state index in [1.165, 1.54) is 0 Å². The number of methoxy groups -OCH3 is 1. The molecule has 24 heavy (non-hydrogen) atoms. The van der Waals surface area contributed by atoms with E-state index < -0.39 is 0 Å². The van der Waals surface area contributed by atoms with E-state index >= 15 is 0 Å². The average Bonchev–Trinajstić information content (AvgIpc) is 2.64. The molecule has 1 N–H and O–H groups in total. The number of guanidine groups is 1. The fourth-order valence-electron chi connectivity index (χ4n) is 2.87. The fourth-order valence-corrected chi connectivity index (χ4v) is 2.87. The van der Waals surface area contributed by atoms with E-state index in [1.54, 1.807) is 7.11 Å².